The number of esters is 1. The van der Waals surface area contributed by atoms with Crippen LogP contribution in [-0.4, -0.2) is 11.8 Å². The van der Waals surface area contributed by atoms with Crippen LogP contribution in [0.2, 0.25) is 0 Å². The lowest BCUT2D eigenvalue weighted by atomic mass is 9.79. The van der Waals surface area contributed by atoms with Gasteiger partial charge in [0.2, 0.25) is 0 Å². The molecule has 2 aromatic rings. The Hall–Kier alpha value is -1.37. The molecule has 0 saturated heterocycles. The van der Waals surface area contributed by atoms with Crippen molar-refractivity contribution in [2.24, 2.45) is 5.41 Å². The molecule has 0 unspecified atom stereocenters. The first-order chi connectivity index (χ1) is 11.8. The van der Waals surface area contributed by atoms with Gasteiger partial charge in [-0.25, -0.2) is 4.79 Å². The maximum Gasteiger partial charge on any atom is 0.353 e. The number of Topliss-reactive ketones (excluding diaryl/α,β-unsaturated/α-hetero) is 1. The second-order valence-electron chi connectivity index (χ2n) is 6.62. The van der Waals surface area contributed by atoms with Crippen molar-refractivity contribution in [2.45, 2.75) is 31.6 Å². The third kappa shape index (κ3) is 4.63. The van der Waals surface area contributed by atoms with E-state index in [-0.39, 0.29) is 11.2 Å². The Morgan fingerprint density at radius 1 is 1.20 bits per heavy atom. The summed E-state index contributed by atoms with van der Waals surface area (Å²) in [6, 6.07) is 11.3. The number of ketones is 1. The lowest BCUT2D eigenvalue weighted by Gasteiger charge is -2.31. The molecule has 0 saturated carbocycles. The van der Waals surface area contributed by atoms with E-state index >= 15 is 0 Å². The number of rotatable bonds is 4. The van der Waals surface area contributed by atoms with E-state index in [1.54, 1.807) is 6.07 Å². The Kier molecular flexibility index (Phi) is 5.51. The summed E-state index contributed by atoms with van der Waals surface area (Å²) < 4.78 is 6.63. The van der Waals surface area contributed by atoms with Gasteiger partial charge < -0.3 is 4.74 Å². The molecule has 1 aliphatic rings. The van der Waals surface area contributed by atoms with Crippen molar-refractivity contribution in [3.8, 4) is 0 Å². The van der Waals surface area contributed by atoms with Crippen LogP contribution < -0.4 is 0 Å². The number of carbonyl (C=O) groups is 2. The Bertz CT molecular complexity index is 821. The summed E-state index contributed by atoms with van der Waals surface area (Å²) in [6.45, 7) is 4.04. The lowest BCUT2D eigenvalue weighted by molar-refractivity contribution is -0.117. The van der Waals surface area contributed by atoms with Gasteiger partial charge in [-0.1, -0.05) is 47.6 Å². The number of carbonyl (C=O) groups excluding carboxylic acids is 2. The van der Waals surface area contributed by atoms with E-state index < -0.39 is 5.97 Å². The number of thioether (sulfide) groups is 1. The first-order valence-electron chi connectivity index (χ1n) is 7.79. The monoisotopic (exact) mass is 436 g/mol. The molecule has 130 valence electrons. The van der Waals surface area contributed by atoms with Crippen molar-refractivity contribution in [1.29, 1.82) is 0 Å². The third-order valence-electron chi connectivity index (χ3n) is 3.76. The highest BCUT2D eigenvalue weighted by Gasteiger charge is 2.35. The normalized spacial score (nSPS) is 16.8. The van der Waals surface area contributed by atoms with Gasteiger partial charge in [0.05, 0.1) is 4.91 Å². The minimum atomic E-state index is -0.399. The maximum absolute atomic E-state index is 12.7. The molecule has 1 heterocycles. The molecule has 0 amide bonds. The summed E-state index contributed by atoms with van der Waals surface area (Å²) in [7, 11) is 0. The van der Waals surface area contributed by atoms with E-state index in [0.717, 1.165) is 9.37 Å². The number of allylic oxidation sites excluding steroid dienone is 2. The zero-order valence-electron chi connectivity index (χ0n) is 13.9. The molecule has 0 radical (unpaired) electrons. The van der Waals surface area contributed by atoms with Crippen LogP contribution in [0.25, 0.3) is 0 Å². The molecule has 3 rings (SSSR count). The van der Waals surface area contributed by atoms with Gasteiger partial charge in [0.25, 0.3) is 0 Å². The van der Waals surface area contributed by atoms with Crippen LogP contribution in [-0.2, 0) is 9.53 Å². The SMILES string of the molecule is CC1(C)CC(=O)C(Sc2ccc(Br)cc2)=C(OC(=O)c2cccs2)C1. The van der Waals surface area contributed by atoms with Crippen LogP contribution in [0.5, 0.6) is 0 Å². The van der Waals surface area contributed by atoms with Crippen LogP contribution in [0.3, 0.4) is 0 Å². The highest BCUT2D eigenvalue weighted by atomic mass is 79.9. The highest BCUT2D eigenvalue weighted by molar-refractivity contribution is 9.10. The van der Waals surface area contributed by atoms with E-state index in [0.29, 0.717) is 28.4 Å². The summed E-state index contributed by atoms with van der Waals surface area (Å²) in [5.41, 5.74) is -0.216. The molecule has 0 spiro atoms. The van der Waals surface area contributed by atoms with Gasteiger partial charge in [-0.3, -0.25) is 4.79 Å². The van der Waals surface area contributed by atoms with Gasteiger partial charge in [-0.05, 0) is 41.1 Å². The van der Waals surface area contributed by atoms with Crippen molar-refractivity contribution in [3.63, 3.8) is 0 Å². The van der Waals surface area contributed by atoms with E-state index in [2.05, 4.69) is 15.9 Å². The molecule has 0 fully saturated rings. The van der Waals surface area contributed by atoms with Gasteiger partial charge in [-0.2, -0.15) is 0 Å². The number of halogens is 1. The molecule has 1 aliphatic carbocycles. The average Bonchev–Trinajstić information content (AvgIpc) is 3.06. The smallest absolute Gasteiger partial charge is 0.353 e. The molecular weight excluding hydrogens is 420 g/mol. The number of thiophene rings is 1. The van der Waals surface area contributed by atoms with Gasteiger partial charge in [-0.15, -0.1) is 11.3 Å². The van der Waals surface area contributed by atoms with Crippen molar-refractivity contribution in [2.75, 3.05) is 0 Å². The van der Waals surface area contributed by atoms with E-state index in [1.807, 2.05) is 49.6 Å². The largest absolute Gasteiger partial charge is 0.426 e. The van der Waals surface area contributed by atoms with Crippen molar-refractivity contribution in [1.82, 2.24) is 0 Å². The van der Waals surface area contributed by atoms with Crippen molar-refractivity contribution >= 4 is 50.8 Å². The molecule has 1 aromatic heterocycles. The minimum Gasteiger partial charge on any atom is -0.426 e. The summed E-state index contributed by atoms with van der Waals surface area (Å²) in [6.07, 6.45) is 1.01. The molecule has 3 nitrogen and oxygen atoms in total. The number of hydrogen-bond acceptors (Lipinski definition) is 5. The number of benzene rings is 1. The second kappa shape index (κ2) is 7.48. The van der Waals surface area contributed by atoms with Gasteiger partial charge >= 0.3 is 5.97 Å². The summed E-state index contributed by atoms with van der Waals surface area (Å²) >= 11 is 6.11. The Balaban J connectivity index is 1.91. The summed E-state index contributed by atoms with van der Waals surface area (Å²) in [4.78, 5) is 27.1. The van der Waals surface area contributed by atoms with Crippen molar-refractivity contribution < 1.29 is 14.3 Å². The number of ether oxygens (including phenoxy) is 1. The van der Waals surface area contributed by atoms with E-state index in [9.17, 15) is 9.59 Å². The quantitative estimate of drug-likeness (QED) is 0.546. The molecule has 25 heavy (non-hydrogen) atoms. The molecule has 6 heteroatoms. The first-order valence-corrected chi connectivity index (χ1v) is 10.3. The Morgan fingerprint density at radius 3 is 2.56 bits per heavy atom. The highest BCUT2D eigenvalue weighted by Crippen LogP contribution is 2.43. The summed E-state index contributed by atoms with van der Waals surface area (Å²) in [5, 5.41) is 1.83. The standard InChI is InChI=1S/C19H17BrO3S2/c1-19(2)10-14(21)17(25-13-7-5-12(20)6-8-13)15(11-19)23-18(22)16-4-3-9-24-16/h3-9H,10-11H2,1-2H3. The van der Waals surface area contributed by atoms with Crippen LogP contribution >= 0.6 is 39.0 Å². The van der Waals surface area contributed by atoms with Crippen molar-refractivity contribution in [3.05, 3.63) is 61.8 Å². The second-order valence-corrected chi connectivity index (χ2v) is 9.56. The fourth-order valence-electron chi connectivity index (χ4n) is 2.62. The van der Waals surface area contributed by atoms with Gasteiger partial charge in [0, 0.05) is 22.2 Å². The average molecular weight is 437 g/mol. The lowest BCUT2D eigenvalue weighted by Crippen LogP contribution is -2.26. The summed E-state index contributed by atoms with van der Waals surface area (Å²) in [5.74, 6) is 0.107. The van der Waals surface area contributed by atoms with Crippen LogP contribution in [0.4, 0.5) is 0 Å². The zero-order valence-corrected chi connectivity index (χ0v) is 17.1. The molecule has 0 atom stereocenters. The van der Waals surface area contributed by atoms with E-state index in [1.165, 1.54) is 23.1 Å². The Labute approximate surface area is 163 Å². The molecule has 1 aromatic carbocycles. The van der Waals surface area contributed by atoms with Crippen LogP contribution in [0.15, 0.2) is 61.8 Å². The predicted octanol–water partition coefficient (Wildman–Crippen LogP) is 6.06. The first kappa shape index (κ1) is 18.4. The minimum absolute atomic E-state index is 0.0261. The van der Waals surface area contributed by atoms with Gasteiger partial charge in [0.15, 0.2) is 5.78 Å². The fourth-order valence-corrected chi connectivity index (χ4v) is 4.41. The zero-order chi connectivity index (χ0) is 18.0. The molecule has 0 bridgehead atoms. The Morgan fingerprint density at radius 2 is 1.92 bits per heavy atom. The topological polar surface area (TPSA) is 43.4 Å². The number of hydrogen-bond donors (Lipinski definition) is 0. The molecular formula is C19H17BrO3S2. The molecule has 0 N–H and O–H groups in total. The molecule has 0 aliphatic heterocycles. The van der Waals surface area contributed by atoms with E-state index in [4.69, 9.17) is 4.74 Å². The predicted molar refractivity (Wildman–Crippen MR) is 105 cm³/mol. The van der Waals surface area contributed by atoms with Gasteiger partial charge in [0.1, 0.15) is 10.6 Å². The maximum atomic E-state index is 12.7. The fraction of sp³-hybridized carbons (Fsp3) is 0.263. The third-order valence-corrected chi connectivity index (χ3v) is 6.30. The van der Waals surface area contributed by atoms with Crippen LogP contribution in [0.1, 0.15) is 36.4 Å². The van der Waals surface area contributed by atoms with Crippen LogP contribution in [0, 0.1) is 5.41 Å².